The molecule has 7 heteroatoms. The van der Waals surface area contributed by atoms with Crippen LogP contribution in [0.25, 0.3) is 10.9 Å². The van der Waals surface area contributed by atoms with Crippen LogP contribution < -0.4 is 10.5 Å². The number of primary amides is 1. The molecule has 0 atom stereocenters. The Bertz CT molecular complexity index is 1130. The maximum atomic E-state index is 13.6. The van der Waals surface area contributed by atoms with Gasteiger partial charge >= 0.3 is 0 Å². The normalized spacial score (nSPS) is 14.5. The standard InChI is InChI=1S/C25H26FN3O3/c26-20-7-2-4-9-22(20)32-15-5-10-23(30)29-13-11-17(12-14-29)24-19(25(27)31)16-18-6-1-3-8-21(18)28-24/h1-4,6-9,16-17H,5,10-15H2,(H2,27,31). The summed E-state index contributed by atoms with van der Waals surface area (Å²) in [6.07, 6.45) is 2.32. The lowest BCUT2D eigenvalue weighted by atomic mass is 9.89. The fraction of sp³-hybridized carbons (Fsp3) is 0.320. The van der Waals surface area contributed by atoms with Crippen molar-refractivity contribution in [1.29, 1.82) is 0 Å². The molecule has 32 heavy (non-hydrogen) atoms. The Kier molecular flexibility index (Phi) is 6.63. The van der Waals surface area contributed by atoms with Crippen molar-refractivity contribution in [3.05, 3.63) is 71.7 Å². The van der Waals surface area contributed by atoms with E-state index in [0.717, 1.165) is 29.4 Å². The van der Waals surface area contributed by atoms with Gasteiger partial charge in [0.1, 0.15) is 0 Å². The molecule has 2 heterocycles. The first-order valence-electron chi connectivity index (χ1n) is 10.9. The van der Waals surface area contributed by atoms with Crippen LogP contribution in [0.2, 0.25) is 0 Å². The lowest BCUT2D eigenvalue weighted by Crippen LogP contribution is -2.38. The third-order valence-electron chi connectivity index (χ3n) is 5.88. The second kappa shape index (κ2) is 9.77. The number of hydrogen-bond acceptors (Lipinski definition) is 4. The van der Waals surface area contributed by atoms with Crippen LogP contribution in [-0.2, 0) is 4.79 Å². The van der Waals surface area contributed by atoms with E-state index in [1.807, 2.05) is 35.2 Å². The highest BCUT2D eigenvalue weighted by Gasteiger charge is 2.27. The van der Waals surface area contributed by atoms with Crippen LogP contribution in [0.1, 0.15) is 47.7 Å². The third kappa shape index (κ3) is 4.88. The number of nitrogens with zero attached hydrogens (tertiary/aromatic N) is 2. The van der Waals surface area contributed by atoms with E-state index in [2.05, 4.69) is 0 Å². The quantitative estimate of drug-likeness (QED) is 0.568. The molecule has 0 radical (unpaired) electrons. The number of ether oxygens (including phenoxy) is 1. The third-order valence-corrected chi connectivity index (χ3v) is 5.88. The SMILES string of the molecule is NC(=O)c1cc2ccccc2nc1C1CCN(C(=O)CCCOc2ccccc2F)CC1. The summed E-state index contributed by atoms with van der Waals surface area (Å²) in [6.45, 7) is 1.49. The highest BCUT2D eigenvalue weighted by molar-refractivity contribution is 5.97. The molecular formula is C25H26FN3O3. The molecule has 1 fully saturated rings. The minimum atomic E-state index is -0.480. The van der Waals surface area contributed by atoms with Crippen LogP contribution in [0.4, 0.5) is 4.39 Å². The molecule has 4 rings (SSSR count). The van der Waals surface area contributed by atoms with Crippen LogP contribution >= 0.6 is 0 Å². The number of amides is 2. The van der Waals surface area contributed by atoms with Gasteiger partial charge in [0, 0.05) is 30.8 Å². The summed E-state index contributed by atoms with van der Waals surface area (Å²) in [5.74, 6) is -0.545. The van der Waals surface area contributed by atoms with Gasteiger partial charge < -0.3 is 15.4 Å². The minimum Gasteiger partial charge on any atom is -0.491 e. The van der Waals surface area contributed by atoms with E-state index in [9.17, 15) is 14.0 Å². The number of benzene rings is 2. The Morgan fingerprint density at radius 1 is 1.09 bits per heavy atom. The Hall–Kier alpha value is -3.48. The summed E-state index contributed by atoms with van der Waals surface area (Å²) < 4.78 is 19.0. The molecule has 1 aliphatic rings. The zero-order valence-electron chi connectivity index (χ0n) is 17.8. The van der Waals surface area contributed by atoms with Gasteiger partial charge in [0.25, 0.3) is 5.91 Å². The monoisotopic (exact) mass is 435 g/mol. The van der Waals surface area contributed by atoms with Gasteiger partial charge in [-0.25, -0.2) is 4.39 Å². The van der Waals surface area contributed by atoms with E-state index >= 15 is 0 Å². The molecule has 166 valence electrons. The highest BCUT2D eigenvalue weighted by atomic mass is 19.1. The number of carbonyl (C=O) groups excluding carboxylic acids is 2. The average molecular weight is 435 g/mol. The molecule has 2 N–H and O–H groups in total. The van der Waals surface area contributed by atoms with E-state index in [4.69, 9.17) is 15.5 Å². The van der Waals surface area contributed by atoms with Crippen LogP contribution in [0.15, 0.2) is 54.6 Å². The number of rotatable bonds is 7. The van der Waals surface area contributed by atoms with E-state index in [1.165, 1.54) is 6.07 Å². The van der Waals surface area contributed by atoms with Crippen LogP contribution in [0.3, 0.4) is 0 Å². The summed E-state index contributed by atoms with van der Waals surface area (Å²) in [5.41, 5.74) is 7.64. The second-order valence-electron chi connectivity index (χ2n) is 8.02. The summed E-state index contributed by atoms with van der Waals surface area (Å²) in [7, 11) is 0. The lowest BCUT2D eigenvalue weighted by molar-refractivity contribution is -0.132. The first-order valence-corrected chi connectivity index (χ1v) is 10.9. The molecule has 2 aromatic carbocycles. The molecule has 3 aromatic rings. The van der Waals surface area contributed by atoms with Gasteiger partial charge in [-0.2, -0.15) is 0 Å². The summed E-state index contributed by atoms with van der Waals surface area (Å²) in [6, 6.07) is 15.7. The molecule has 6 nitrogen and oxygen atoms in total. The Morgan fingerprint density at radius 2 is 1.81 bits per heavy atom. The fourth-order valence-corrected chi connectivity index (χ4v) is 4.17. The lowest BCUT2D eigenvalue weighted by Gasteiger charge is -2.32. The van der Waals surface area contributed by atoms with E-state index in [0.29, 0.717) is 31.5 Å². The molecule has 1 saturated heterocycles. The summed E-state index contributed by atoms with van der Waals surface area (Å²) >= 11 is 0. The number of likely N-dealkylation sites (tertiary alicyclic amines) is 1. The number of para-hydroxylation sites is 2. The molecule has 1 aliphatic heterocycles. The average Bonchev–Trinajstić information content (AvgIpc) is 2.82. The maximum Gasteiger partial charge on any atom is 0.250 e. The number of nitrogens with two attached hydrogens (primary N) is 1. The minimum absolute atomic E-state index is 0.0576. The highest BCUT2D eigenvalue weighted by Crippen LogP contribution is 2.31. The number of fused-ring (bicyclic) bond motifs is 1. The van der Waals surface area contributed by atoms with Crippen molar-refractivity contribution < 1.29 is 18.7 Å². The molecule has 2 amide bonds. The predicted octanol–water partition coefficient (Wildman–Crippen LogP) is 4.04. The predicted molar refractivity (Wildman–Crippen MR) is 120 cm³/mol. The van der Waals surface area contributed by atoms with Gasteiger partial charge in [-0.05, 0) is 43.5 Å². The number of hydrogen-bond donors (Lipinski definition) is 1. The van der Waals surface area contributed by atoms with Gasteiger partial charge in [0.2, 0.25) is 5.91 Å². The molecule has 0 aliphatic carbocycles. The van der Waals surface area contributed by atoms with Crippen molar-refractivity contribution in [3.63, 3.8) is 0 Å². The van der Waals surface area contributed by atoms with Crippen molar-refractivity contribution >= 4 is 22.7 Å². The first kappa shape index (κ1) is 21.7. The van der Waals surface area contributed by atoms with E-state index in [-0.39, 0.29) is 24.2 Å². The zero-order chi connectivity index (χ0) is 22.5. The van der Waals surface area contributed by atoms with Gasteiger partial charge in [0.15, 0.2) is 11.6 Å². The molecule has 0 spiro atoms. The number of pyridine rings is 1. The smallest absolute Gasteiger partial charge is 0.250 e. The number of carbonyl (C=O) groups is 2. The number of halogens is 1. The van der Waals surface area contributed by atoms with Crippen molar-refractivity contribution in [2.45, 2.75) is 31.6 Å². The topological polar surface area (TPSA) is 85.5 Å². The van der Waals surface area contributed by atoms with E-state index in [1.54, 1.807) is 18.2 Å². The Morgan fingerprint density at radius 3 is 2.56 bits per heavy atom. The summed E-state index contributed by atoms with van der Waals surface area (Å²) in [5, 5.41) is 0.885. The number of aromatic nitrogens is 1. The van der Waals surface area contributed by atoms with Gasteiger partial charge in [0.05, 0.1) is 23.4 Å². The maximum absolute atomic E-state index is 13.6. The van der Waals surface area contributed by atoms with Crippen LogP contribution in [-0.4, -0.2) is 41.4 Å². The zero-order valence-corrected chi connectivity index (χ0v) is 17.8. The summed E-state index contributed by atoms with van der Waals surface area (Å²) in [4.78, 5) is 31.2. The Labute approximate surface area is 186 Å². The number of piperidine rings is 1. The van der Waals surface area contributed by atoms with Gasteiger partial charge in [-0.15, -0.1) is 0 Å². The van der Waals surface area contributed by atoms with Crippen molar-refractivity contribution in [3.8, 4) is 5.75 Å². The fourth-order valence-electron chi connectivity index (χ4n) is 4.17. The van der Waals surface area contributed by atoms with Crippen LogP contribution in [0, 0.1) is 5.82 Å². The van der Waals surface area contributed by atoms with Crippen molar-refractivity contribution in [2.24, 2.45) is 5.73 Å². The first-order chi connectivity index (χ1) is 15.5. The Balaban J connectivity index is 1.32. The molecule has 0 unspecified atom stereocenters. The van der Waals surface area contributed by atoms with Crippen molar-refractivity contribution in [1.82, 2.24) is 9.88 Å². The molecule has 1 aromatic heterocycles. The van der Waals surface area contributed by atoms with Gasteiger partial charge in [-0.3, -0.25) is 14.6 Å². The van der Waals surface area contributed by atoms with E-state index < -0.39 is 11.7 Å². The largest absolute Gasteiger partial charge is 0.491 e. The molecule has 0 bridgehead atoms. The second-order valence-corrected chi connectivity index (χ2v) is 8.02. The molecular weight excluding hydrogens is 409 g/mol. The van der Waals surface area contributed by atoms with Crippen molar-refractivity contribution in [2.75, 3.05) is 19.7 Å². The van der Waals surface area contributed by atoms with Crippen LogP contribution in [0.5, 0.6) is 5.75 Å². The molecule has 0 saturated carbocycles. The van der Waals surface area contributed by atoms with Gasteiger partial charge in [-0.1, -0.05) is 30.3 Å².